The summed E-state index contributed by atoms with van der Waals surface area (Å²) in [4.78, 5) is 0.177. The van der Waals surface area contributed by atoms with Crippen LogP contribution in [0.3, 0.4) is 0 Å². The molecule has 0 radical (unpaired) electrons. The summed E-state index contributed by atoms with van der Waals surface area (Å²) in [6.07, 6.45) is 2.18. The van der Waals surface area contributed by atoms with E-state index in [-0.39, 0.29) is 16.3 Å². The highest BCUT2D eigenvalue weighted by atomic mass is 32.2. The average molecular weight is 372 g/mol. The number of sulfone groups is 1. The minimum atomic E-state index is -3.57. The van der Waals surface area contributed by atoms with Crippen molar-refractivity contribution in [2.24, 2.45) is 0 Å². The van der Waals surface area contributed by atoms with Crippen LogP contribution < -0.4 is 5.32 Å². The number of hydrogen-bond donors (Lipinski definition) is 1. The Bertz CT molecular complexity index is 912. The molecule has 1 N–H and O–H groups in total. The molecule has 3 rings (SSSR count). The van der Waals surface area contributed by atoms with E-state index in [0.717, 1.165) is 5.56 Å². The fourth-order valence-electron chi connectivity index (χ4n) is 3.41. The first kappa shape index (κ1) is 18.6. The second-order valence-corrected chi connectivity index (χ2v) is 8.69. The Hall–Kier alpha value is -2.23. The Morgan fingerprint density at radius 2 is 1.77 bits per heavy atom. The van der Waals surface area contributed by atoms with Crippen molar-refractivity contribution in [1.82, 2.24) is 5.32 Å². The standard InChI is InChI=1S/C20H21FN2O2S/c21-18-8-5-15(6-9-18)4-7-16-2-1-3-17(14-22)20(16)26(24,25)19-10-12-23-13-11-19/h1-3,5-6,8-9,19,23H,4,7,10-13H2. The Morgan fingerprint density at radius 3 is 2.42 bits per heavy atom. The summed E-state index contributed by atoms with van der Waals surface area (Å²) >= 11 is 0. The van der Waals surface area contributed by atoms with Crippen molar-refractivity contribution in [1.29, 1.82) is 5.26 Å². The molecule has 0 aromatic heterocycles. The van der Waals surface area contributed by atoms with Gasteiger partial charge < -0.3 is 5.32 Å². The predicted molar refractivity (Wildman–Crippen MR) is 98.0 cm³/mol. The number of rotatable bonds is 5. The first-order chi connectivity index (χ1) is 12.5. The molecular weight excluding hydrogens is 351 g/mol. The lowest BCUT2D eigenvalue weighted by Gasteiger charge is -2.24. The van der Waals surface area contributed by atoms with Crippen LogP contribution in [0, 0.1) is 17.1 Å². The fourth-order valence-corrected chi connectivity index (χ4v) is 5.55. The summed E-state index contributed by atoms with van der Waals surface area (Å²) in [5.74, 6) is -0.297. The van der Waals surface area contributed by atoms with Gasteiger partial charge >= 0.3 is 0 Å². The summed E-state index contributed by atoms with van der Waals surface area (Å²) in [5.41, 5.74) is 1.80. The summed E-state index contributed by atoms with van der Waals surface area (Å²) in [5, 5.41) is 12.2. The summed E-state index contributed by atoms with van der Waals surface area (Å²) < 4.78 is 39.5. The molecule has 0 amide bonds. The van der Waals surface area contributed by atoms with E-state index < -0.39 is 15.1 Å². The molecule has 0 saturated carbocycles. The molecule has 2 aromatic carbocycles. The molecule has 1 fully saturated rings. The van der Waals surface area contributed by atoms with E-state index in [4.69, 9.17) is 0 Å². The summed E-state index contributed by atoms with van der Waals surface area (Å²) in [6, 6.07) is 13.3. The van der Waals surface area contributed by atoms with Gasteiger partial charge in [-0.05, 0) is 68.1 Å². The highest BCUT2D eigenvalue weighted by molar-refractivity contribution is 7.92. The van der Waals surface area contributed by atoms with Crippen LogP contribution in [0.4, 0.5) is 4.39 Å². The van der Waals surface area contributed by atoms with Gasteiger partial charge in [0.05, 0.1) is 15.7 Å². The maximum Gasteiger partial charge on any atom is 0.182 e. The third-order valence-electron chi connectivity index (χ3n) is 4.82. The monoisotopic (exact) mass is 372 g/mol. The number of piperidine rings is 1. The zero-order valence-electron chi connectivity index (χ0n) is 14.4. The van der Waals surface area contributed by atoms with E-state index in [1.807, 2.05) is 6.07 Å². The van der Waals surface area contributed by atoms with E-state index in [1.54, 1.807) is 30.3 Å². The maximum atomic E-state index is 13.2. The van der Waals surface area contributed by atoms with Crippen LogP contribution >= 0.6 is 0 Å². The van der Waals surface area contributed by atoms with Gasteiger partial charge in [0.25, 0.3) is 0 Å². The highest BCUT2D eigenvalue weighted by Crippen LogP contribution is 2.29. The molecule has 0 aliphatic carbocycles. The first-order valence-electron chi connectivity index (χ1n) is 8.73. The third-order valence-corrected chi connectivity index (χ3v) is 7.22. The smallest absolute Gasteiger partial charge is 0.182 e. The van der Waals surface area contributed by atoms with Gasteiger partial charge in [-0.15, -0.1) is 0 Å². The fraction of sp³-hybridized carbons (Fsp3) is 0.350. The van der Waals surface area contributed by atoms with Crippen LogP contribution in [-0.2, 0) is 22.7 Å². The van der Waals surface area contributed by atoms with Gasteiger partial charge in [0.2, 0.25) is 0 Å². The Kier molecular flexibility index (Phi) is 5.70. The lowest BCUT2D eigenvalue weighted by Crippen LogP contribution is -2.36. The number of nitriles is 1. The van der Waals surface area contributed by atoms with Gasteiger partial charge in [0.15, 0.2) is 9.84 Å². The van der Waals surface area contributed by atoms with Crippen molar-refractivity contribution in [3.63, 3.8) is 0 Å². The summed E-state index contributed by atoms with van der Waals surface area (Å²) in [6.45, 7) is 1.34. The molecule has 6 heteroatoms. The van der Waals surface area contributed by atoms with Crippen molar-refractivity contribution in [2.45, 2.75) is 35.8 Å². The number of halogens is 1. The van der Waals surface area contributed by atoms with Crippen LogP contribution in [0.25, 0.3) is 0 Å². The molecule has 1 heterocycles. The molecule has 136 valence electrons. The lowest BCUT2D eigenvalue weighted by molar-refractivity contribution is 0.495. The van der Waals surface area contributed by atoms with Crippen molar-refractivity contribution >= 4 is 9.84 Å². The van der Waals surface area contributed by atoms with Crippen molar-refractivity contribution < 1.29 is 12.8 Å². The lowest BCUT2D eigenvalue weighted by atomic mass is 10.0. The van der Waals surface area contributed by atoms with Crippen LogP contribution in [0.1, 0.15) is 29.5 Å². The van der Waals surface area contributed by atoms with Crippen LogP contribution in [-0.4, -0.2) is 26.8 Å². The van der Waals surface area contributed by atoms with E-state index in [1.165, 1.54) is 12.1 Å². The molecule has 26 heavy (non-hydrogen) atoms. The van der Waals surface area contributed by atoms with Crippen LogP contribution in [0.2, 0.25) is 0 Å². The minimum absolute atomic E-state index is 0.177. The molecule has 0 spiro atoms. The average Bonchev–Trinajstić information content (AvgIpc) is 2.67. The van der Waals surface area contributed by atoms with Gasteiger partial charge in [-0.25, -0.2) is 12.8 Å². The van der Waals surface area contributed by atoms with Gasteiger partial charge in [-0.3, -0.25) is 0 Å². The largest absolute Gasteiger partial charge is 0.317 e. The normalized spacial score (nSPS) is 15.5. The third kappa shape index (κ3) is 3.95. The maximum absolute atomic E-state index is 13.2. The Labute approximate surface area is 153 Å². The van der Waals surface area contributed by atoms with Crippen LogP contribution in [0.15, 0.2) is 47.4 Å². The van der Waals surface area contributed by atoms with Gasteiger partial charge in [0.1, 0.15) is 11.9 Å². The molecule has 4 nitrogen and oxygen atoms in total. The highest BCUT2D eigenvalue weighted by Gasteiger charge is 2.32. The SMILES string of the molecule is N#Cc1cccc(CCc2ccc(F)cc2)c1S(=O)(=O)C1CCNCC1. The topological polar surface area (TPSA) is 70.0 Å². The Morgan fingerprint density at radius 1 is 1.08 bits per heavy atom. The van der Waals surface area contributed by atoms with Crippen molar-refractivity contribution in [3.8, 4) is 6.07 Å². The molecule has 1 aliphatic rings. The molecule has 0 atom stereocenters. The first-order valence-corrected chi connectivity index (χ1v) is 10.3. The van der Waals surface area contributed by atoms with Crippen molar-refractivity contribution in [3.05, 3.63) is 65.0 Å². The zero-order chi connectivity index (χ0) is 18.6. The van der Waals surface area contributed by atoms with E-state index in [2.05, 4.69) is 5.32 Å². The molecule has 0 unspecified atom stereocenters. The van der Waals surface area contributed by atoms with E-state index in [9.17, 15) is 18.1 Å². The molecule has 1 aliphatic heterocycles. The predicted octanol–water partition coefficient (Wildman–Crippen LogP) is 3.01. The molecule has 0 bridgehead atoms. The number of benzene rings is 2. The number of nitrogens with one attached hydrogen (secondary N) is 1. The van der Waals surface area contributed by atoms with Gasteiger partial charge in [-0.1, -0.05) is 24.3 Å². The molecule has 2 aromatic rings. The van der Waals surface area contributed by atoms with Gasteiger partial charge in [-0.2, -0.15) is 5.26 Å². The number of nitrogens with zero attached hydrogens (tertiary/aromatic N) is 1. The minimum Gasteiger partial charge on any atom is -0.317 e. The van der Waals surface area contributed by atoms with Crippen LogP contribution in [0.5, 0.6) is 0 Å². The molecule has 1 saturated heterocycles. The Balaban J connectivity index is 1.93. The van der Waals surface area contributed by atoms with E-state index >= 15 is 0 Å². The van der Waals surface area contributed by atoms with E-state index in [0.29, 0.717) is 44.3 Å². The number of hydrogen-bond acceptors (Lipinski definition) is 4. The summed E-state index contributed by atoms with van der Waals surface area (Å²) in [7, 11) is -3.57. The molecular formula is C20H21FN2O2S. The van der Waals surface area contributed by atoms with Gasteiger partial charge in [0, 0.05) is 0 Å². The van der Waals surface area contributed by atoms with Crippen molar-refractivity contribution in [2.75, 3.05) is 13.1 Å². The number of aryl methyl sites for hydroxylation is 2. The quantitative estimate of drug-likeness (QED) is 0.876. The second-order valence-electron chi connectivity index (χ2n) is 6.53. The zero-order valence-corrected chi connectivity index (χ0v) is 15.2. The second kappa shape index (κ2) is 7.98.